The zero-order valence-electron chi connectivity index (χ0n) is 12.8. The lowest BCUT2D eigenvalue weighted by atomic mass is 10.1. The molecule has 2 aliphatic rings. The van der Waals surface area contributed by atoms with E-state index >= 15 is 0 Å². The number of hydrogen-bond acceptors (Lipinski definition) is 3. The van der Waals surface area contributed by atoms with E-state index in [4.69, 9.17) is 5.73 Å². The summed E-state index contributed by atoms with van der Waals surface area (Å²) in [7, 11) is 0. The van der Waals surface area contributed by atoms with Crippen molar-refractivity contribution in [1.82, 2.24) is 9.80 Å². The molecule has 118 valence electrons. The van der Waals surface area contributed by atoms with Crippen LogP contribution >= 0.6 is 0 Å². The van der Waals surface area contributed by atoms with E-state index in [1.807, 2.05) is 34.1 Å². The Morgan fingerprint density at radius 2 is 1.95 bits per heavy atom. The normalized spacial score (nSPS) is 21.7. The monoisotopic (exact) mass is 301 g/mol. The number of carbonyl (C=O) groups excluding carboxylic acids is 2. The molecular formula is C17H23N3O2. The van der Waals surface area contributed by atoms with Crippen molar-refractivity contribution in [2.24, 2.45) is 5.73 Å². The summed E-state index contributed by atoms with van der Waals surface area (Å²) >= 11 is 0. The van der Waals surface area contributed by atoms with Gasteiger partial charge in [-0.1, -0.05) is 12.1 Å². The Morgan fingerprint density at radius 1 is 1.18 bits per heavy atom. The minimum atomic E-state index is 0.0664. The maximum absolute atomic E-state index is 12.5. The molecule has 0 saturated carbocycles. The van der Waals surface area contributed by atoms with Gasteiger partial charge in [-0.25, -0.2) is 0 Å². The summed E-state index contributed by atoms with van der Waals surface area (Å²) in [5.74, 6) is 0.291. The highest BCUT2D eigenvalue weighted by Crippen LogP contribution is 2.20. The first-order chi connectivity index (χ1) is 10.7. The first-order valence-corrected chi connectivity index (χ1v) is 8.07. The van der Waals surface area contributed by atoms with Crippen molar-refractivity contribution >= 4 is 11.8 Å². The fourth-order valence-electron chi connectivity index (χ4n) is 3.36. The van der Waals surface area contributed by atoms with Gasteiger partial charge in [-0.3, -0.25) is 9.59 Å². The standard InChI is InChI=1S/C17H23N3O2/c18-11-15-3-1-10-20(15)17(22)14-7-5-13(6-8-14)12-19-9-2-4-16(19)21/h5-8,15H,1-4,9-12,18H2/t15-/m1/s1. The van der Waals surface area contributed by atoms with Crippen molar-refractivity contribution in [1.29, 1.82) is 0 Å². The maximum Gasteiger partial charge on any atom is 0.254 e. The molecule has 0 radical (unpaired) electrons. The zero-order chi connectivity index (χ0) is 15.5. The van der Waals surface area contributed by atoms with Crippen LogP contribution in [-0.4, -0.2) is 47.3 Å². The van der Waals surface area contributed by atoms with Gasteiger partial charge in [0.15, 0.2) is 0 Å². The summed E-state index contributed by atoms with van der Waals surface area (Å²) in [5.41, 5.74) is 7.52. The van der Waals surface area contributed by atoms with Crippen molar-refractivity contribution in [3.8, 4) is 0 Å². The van der Waals surface area contributed by atoms with Gasteiger partial charge in [0.05, 0.1) is 0 Å². The molecule has 0 spiro atoms. The van der Waals surface area contributed by atoms with E-state index in [0.29, 0.717) is 25.1 Å². The molecule has 5 nitrogen and oxygen atoms in total. The van der Waals surface area contributed by atoms with E-state index in [9.17, 15) is 9.59 Å². The number of benzene rings is 1. The summed E-state index contributed by atoms with van der Waals surface area (Å²) in [4.78, 5) is 27.9. The highest BCUT2D eigenvalue weighted by molar-refractivity contribution is 5.94. The van der Waals surface area contributed by atoms with E-state index < -0.39 is 0 Å². The second-order valence-electron chi connectivity index (χ2n) is 6.15. The maximum atomic E-state index is 12.5. The molecule has 2 N–H and O–H groups in total. The van der Waals surface area contributed by atoms with Crippen molar-refractivity contribution in [2.75, 3.05) is 19.6 Å². The number of rotatable bonds is 4. The number of nitrogens with zero attached hydrogens (tertiary/aromatic N) is 2. The molecule has 0 unspecified atom stereocenters. The predicted molar refractivity (Wildman–Crippen MR) is 84.2 cm³/mol. The van der Waals surface area contributed by atoms with Gasteiger partial charge in [-0.2, -0.15) is 0 Å². The molecule has 0 bridgehead atoms. The minimum absolute atomic E-state index is 0.0664. The zero-order valence-corrected chi connectivity index (χ0v) is 12.8. The second kappa shape index (κ2) is 6.48. The summed E-state index contributed by atoms with van der Waals surface area (Å²) in [6.07, 6.45) is 3.64. The van der Waals surface area contributed by atoms with Crippen LogP contribution in [0.15, 0.2) is 24.3 Å². The molecule has 2 fully saturated rings. The van der Waals surface area contributed by atoms with Gasteiger partial charge in [-0.05, 0) is 37.0 Å². The van der Waals surface area contributed by atoms with E-state index in [1.165, 1.54) is 0 Å². The average Bonchev–Trinajstić information content (AvgIpc) is 3.16. The van der Waals surface area contributed by atoms with Gasteiger partial charge >= 0.3 is 0 Å². The quantitative estimate of drug-likeness (QED) is 0.913. The van der Waals surface area contributed by atoms with Crippen molar-refractivity contribution in [3.05, 3.63) is 35.4 Å². The fraction of sp³-hybridized carbons (Fsp3) is 0.529. The number of likely N-dealkylation sites (tertiary alicyclic amines) is 2. The third-order valence-corrected chi connectivity index (χ3v) is 4.66. The van der Waals surface area contributed by atoms with Gasteiger partial charge in [0.2, 0.25) is 5.91 Å². The Morgan fingerprint density at radius 3 is 2.59 bits per heavy atom. The van der Waals surface area contributed by atoms with Gasteiger partial charge in [0.25, 0.3) is 5.91 Å². The lowest BCUT2D eigenvalue weighted by molar-refractivity contribution is -0.128. The Labute approximate surface area is 131 Å². The van der Waals surface area contributed by atoms with Crippen LogP contribution in [0, 0.1) is 0 Å². The number of hydrogen-bond donors (Lipinski definition) is 1. The smallest absolute Gasteiger partial charge is 0.254 e. The van der Waals surface area contributed by atoms with Crippen LogP contribution in [0.1, 0.15) is 41.6 Å². The molecule has 2 saturated heterocycles. The molecule has 1 aromatic rings. The molecule has 0 aliphatic carbocycles. The third-order valence-electron chi connectivity index (χ3n) is 4.66. The summed E-state index contributed by atoms with van der Waals surface area (Å²) < 4.78 is 0. The van der Waals surface area contributed by atoms with Gasteiger partial charge in [0, 0.05) is 44.2 Å². The molecule has 1 aromatic carbocycles. The Bertz CT molecular complexity index is 556. The molecule has 3 rings (SSSR count). The first-order valence-electron chi connectivity index (χ1n) is 8.07. The summed E-state index contributed by atoms with van der Waals surface area (Å²) in [5, 5.41) is 0. The fourth-order valence-corrected chi connectivity index (χ4v) is 3.36. The number of amides is 2. The largest absolute Gasteiger partial charge is 0.338 e. The highest BCUT2D eigenvalue weighted by Gasteiger charge is 2.28. The van der Waals surface area contributed by atoms with Crippen LogP contribution in [0.4, 0.5) is 0 Å². The van der Waals surface area contributed by atoms with Crippen LogP contribution in [0.25, 0.3) is 0 Å². The first kappa shape index (κ1) is 15.0. The SMILES string of the molecule is NC[C@H]1CCCN1C(=O)c1ccc(CN2CCCC2=O)cc1. The van der Waals surface area contributed by atoms with Crippen LogP contribution < -0.4 is 5.73 Å². The van der Waals surface area contributed by atoms with Crippen LogP contribution in [0.2, 0.25) is 0 Å². The molecule has 22 heavy (non-hydrogen) atoms. The Hall–Kier alpha value is -1.88. The van der Waals surface area contributed by atoms with Crippen molar-refractivity contribution in [2.45, 2.75) is 38.3 Å². The highest BCUT2D eigenvalue weighted by atomic mass is 16.2. The molecule has 2 aliphatic heterocycles. The summed E-state index contributed by atoms with van der Waals surface area (Å²) in [6, 6.07) is 7.81. The Kier molecular flexibility index (Phi) is 4.43. The molecule has 5 heteroatoms. The number of carbonyl (C=O) groups is 2. The van der Waals surface area contributed by atoms with Crippen LogP contribution in [-0.2, 0) is 11.3 Å². The van der Waals surface area contributed by atoms with E-state index in [1.54, 1.807) is 0 Å². The lowest BCUT2D eigenvalue weighted by Crippen LogP contribution is -2.39. The Balaban J connectivity index is 1.66. The predicted octanol–water partition coefficient (Wildman–Crippen LogP) is 1.37. The summed E-state index contributed by atoms with van der Waals surface area (Å²) in [6.45, 7) is 2.81. The van der Waals surface area contributed by atoms with Crippen molar-refractivity contribution in [3.63, 3.8) is 0 Å². The van der Waals surface area contributed by atoms with Crippen LogP contribution in [0.5, 0.6) is 0 Å². The minimum Gasteiger partial charge on any atom is -0.338 e. The molecule has 0 aromatic heterocycles. The van der Waals surface area contributed by atoms with E-state index in [-0.39, 0.29) is 17.9 Å². The molecule has 1 atom stereocenters. The van der Waals surface area contributed by atoms with E-state index in [2.05, 4.69) is 0 Å². The van der Waals surface area contributed by atoms with Crippen LogP contribution in [0.3, 0.4) is 0 Å². The third kappa shape index (κ3) is 2.99. The van der Waals surface area contributed by atoms with E-state index in [0.717, 1.165) is 37.9 Å². The second-order valence-corrected chi connectivity index (χ2v) is 6.15. The van der Waals surface area contributed by atoms with Gasteiger partial charge in [0.1, 0.15) is 0 Å². The average molecular weight is 301 g/mol. The topological polar surface area (TPSA) is 66.6 Å². The molecule has 2 amide bonds. The lowest BCUT2D eigenvalue weighted by Gasteiger charge is -2.23. The van der Waals surface area contributed by atoms with Gasteiger partial charge in [-0.15, -0.1) is 0 Å². The van der Waals surface area contributed by atoms with Gasteiger partial charge < -0.3 is 15.5 Å². The van der Waals surface area contributed by atoms with Crippen molar-refractivity contribution < 1.29 is 9.59 Å². The number of nitrogens with two attached hydrogens (primary N) is 1. The molecule has 2 heterocycles. The molecular weight excluding hydrogens is 278 g/mol.